The molecule has 0 radical (unpaired) electrons. The van der Waals surface area contributed by atoms with Crippen LogP contribution < -0.4 is 0 Å². The van der Waals surface area contributed by atoms with E-state index in [4.69, 9.17) is 9.26 Å². The predicted molar refractivity (Wildman–Crippen MR) is 92.6 cm³/mol. The SMILES string of the molecule is COCCCC1CCN(Cc2nc(Cc3cccc(F)c3)no2)CC1. The van der Waals surface area contributed by atoms with Gasteiger partial charge in [0, 0.05) is 20.1 Å². The van der Waals surface area contributed by atoms with Crippen molar-refractivity contribution in [3.8, 4) is 0 Å². The van der Waals surface area contributed by atoms with Gasteiger partial charge in [-0.3, -0.25) is 4.90 Å². The van der Waals surface area contributed by atoms with Gasteiger partial charge in [0.2, 0.25) is 5.89 Å². The van der Waals surface area contributed by atoms with Crippen LogP contribution in [0.15, 0.2) is 28.8 Å². The molecule has 1 fully saturated rings. The van der Waals surface area contributed by atoms with Crippen LogP contribution in [0.2, 0.25) is 0 Å². The standard InChI is InChI=1S/C19H26FN3O2/c1-24-11-3-5-15-7-9-23(10-8-15)14-19-21-18(22-25-19)13-16-4-2-6-17(20)12-16/h2,4,6,12,15H,3,5,7-11,13-14H2,1H3. The molecule has 1 saturated heterocycles. The highest BCUT2D eigenvalue weighted by molar-refractivity contribution is 5.19. The van der Waals surface area contributed by atoms with Crippen LogP contribution in [0.1, 0.15) is 43.0 Å². The molecule has 0 bridgehead atoms. The first-order chi connectivity index (χ1) is 12.2. The van der Waals surface area contributed by atoms with Gasteiger partial charge >= 0.3 is 0 Å². The fourth-order valence-electron chi connectivity index (χ4n) is 3.40. The maximum Gasteiger partial charge on any atom is 0.240 e. The number of halogens is 1. The average molecular weight is 347 g/mol. The van der Waals surface area contributed by atoms with Crippen molar-refractivity contribution in [2.45, 2.75) is 38.6 Å². The first-order valence-electron chi connectivity index (χ1n) is 9.00. The summed E-state index contributed by atoms with van der Waals surface area (Å²) in [5.41, 5.74) is 0.851. The van der Waals surface area contributed by atoms with E-state index >= 15 is 0 Å². The van der Waals surface area contributed by atoms with Crippen LogP contribution in [-0.2, 0) is 17.7 Å². The van der Waals surface area contributed by atoms with Crippen LogP contribution in [0.3, 0.4) is 0 Å². The van der Waals surface area contributed by atoms with Crippen LogP contribution in [0.5, 0.6) is 0 Å². The highest BCUT2D eigenvalue weighted by atomic mass is 19.1. The van der Waals surface area contributed by atoms with Gasteiger partial charge in [0.1, 0.15) is 5.82 Å². The molecule has 0 saturated carbocycles. The van der Waals surface area contributed by atoms with Crippen molar-refractivity contribution in [2.75, 3.05) is 26.8 Å². The van der Waals surface area contributed by atoms with Gasteiger partial charge in [0.05, 0.1) is 6.54 Å². The topological polar surface area (TPSA) is 51.4 Å². The lowest BCUT2D eigenvalue weighted by molar-refractivity contribution is 0.141. The predicted octanol–water partition coefficient (Wildman–Crippen LogP) is 3.44. The van der Waals surface area contributed by atoms with Gasteiger partial charge in [0.25, 0.3) is 0 Å². The minimum atomic E-state index is -0.241. The van der Waals surface area contributed by atoms with E-state index in [1.807, 2.05) is 6.07 Å². The molecule has 6 heteroatoms. The second-order valence-corrected chi connectivity index (χ2v) is 6.77. The number of hydrogen-bond donors (Lipinski definition) is 0. The Morgan fingerprint density at radius 1 is 1.32 bits per heavy atom. The third-order valence-electron chi connectivity index (χ3n) is 4.79. The van der Waals surface area contributed by atoms with Crippen LogP contribution in [-0.4, -0.2) is 41.8 Å². The number of piperidine rings is 1. The van der Waals surface area contributed by atoms with Crippen LogP contribution in [0.4, 0.5) is 4.39 Å². The fraction of sp³-hybridized carbons (Fsp3) is 0.579. The van der Waals surface area contributed by atoms with Gasteiger partial charge in [0.15, 0.2) is 5.82 Å². The van der Waals surface area contributed by atoms with E-state index < -0.39 is 0 Å². The van der Waals surface area contributed by atoms with Crippen LogP contribution in [0.25, 0.3) is 0 Å². The normalized spacial score (nSPS) is 16.4. The largest absolute Gasteiger partial charge is 0.385 e. The lowest BCUT2D eigenvalue weighted by Crippen LogP contribution is -2.33. The third kappa shape index (κ3) is 5.61. The lowest BCUT2D eigenvalue weighted by atomic mass is 9.92. The summed E-state index contributed by atoms with van der Waals surface area (Å²) in [7, 11) is 1.76. The second kappa shape index (κ2) is 9.06. The molecule has 0 aliphatic carbocycles. The number of hydrogen-bond acceptors (Lipinski definition) is 5. The van der Waals surface area contributed by atoms with Gasteiger partial charge in [-0.05, 0) is 62.4 Å². The molecule has 0 amide bonds. The lowest BCUT2D eigenvalue weighted by Gasteiger charge is -2.30. The number of methoxy groups -OCH3 is 1. The molecule has 136 valence electrons. The Hall–Kier alpha value is -1.79. The maximum atomic E-state index is 13.2. The zero-order valence-corrected chi connectivity index (χ0v) is 14.8. The van der Waals surface area contributed by atoms with Crippen molar-refractivity contribution in [1.82, 2.24) is 15.0 Å². The van der Waals surface area contributed by atoms with E-state index in [1.165, 1.54) is 31.4 Å². The van der Waals surface area contributed by atoms with E-state index in [0.717, 1.165) is 37.6 Å². The molecule has 1 aliphatic rings. The third-order valence-corrected chi connectivity index (χ3v) is 4.79. The van der Waals surface area contributed by atoms with Gasteiger partial charge in [-0.15, -0.1) is 0 Å². The van der Waals surface area contributed by atoms with E-state index in [0.29, 0.717) is 24.7 Å². The summed E-state index contributed by atoms with van der Waals surface area (Å²) in [6.07, 6.45) is 5.32. The summed E-state index contributed by atoms with van der Waals surface area (Å²) >= 11 is 0. The van der Waals surface area contributed by atoms with Crippen molar-refractivity contribution in [3.05, 3.63) is 47.4 Å². The molecule has 1 aromatic heterocycles. The Morgan fingerprint density at radius 2 is 2.16 bits per heavy atom. The minimum Gasteiger partial charge on any atom is -0.385 e. The molecule has 5 nitrogen and oxygen atoms in total. The van der Waals surface area contributed by atoms with Crippen molar-refractivity contribution < 1.29 is 13.7 Å². The van der Waals surface area contributed by atoms with Gasteiger partial charge in [-0.2, -0.15) is 4.98 Å². The highest BCUT2D eigenvalue weighted by Gasteiger charge is 2.20. The Kier molecular flexibility index (Phi) is 6.53. The monoisotopic (exact) mass is 347 g/mol. The molecular formula is C19H26FN3O2. The van der Waals surface area contributed by atoms with E-state index in [9.17, 15) is 4.39 Å². The van der Waals surface area contributed by atoms with Gasteiger partial charge < -0.3 is 9.26 Å². The van der Waals surface area contributed by atoms with Crippen molar-refractivity contribution >= 4 is 0 Å². The zero-order chi connectivity index (χ0) is 17.5. The Balaban J connectivity index is 1.44. The molecule has 0 N–H and O–H groups in total. The minimum absolute atomic E-state index is 0.241. The number of benzene rings is 1. The van der Waals surface area contributed by atoms with Gasteiger partial charge in [-0.1, -0.05) is 17.3 Å². The van der Waals surface area contributed by atoms with Crippen molar-refractivity contribution in [3.63, 3.8) is 0 Å². The van der Waals surface area contributed by atoms with E-state index in [2.05, 4.69) is 15.0 Å². The number of ether oxygens (including phenoxy) is 1. The molecule has 2 heterocycles. The quantitative estimate of drug-likeness (QED) is 0.685. The van der Waals surface area contributed by atoms with Crippen LogP contribution >= 0.6 is 0 Å². The molecule has 3 rings (SSSR count). The number of rotatable bonds is 8. The number of nitrogens with zero attached hydrogens (tertiary/aromatic N) is 3. The molecule has 2 aromatic rings. The van der Waals surface area contributed by atoms with Crippen LogP contribution in [0, 0.1) is 11.7 Å². The van der Waals surface area contributed by atoms with Gasteiger partial charge in [-0.25, -0.2) is 4.39 Å². The first kappa shape index (κ1) is 18.0. The molecule has 0 unspecified atom stereocenters. The Labute approximate surface area is 148 Å². The van der Waals surface area contributed by atoms with Crippen molar-refractivity contribution in [2.24, 2.45) is 5.92 Å². The summed E-state index contributed by atoms with van der Waals surface area (Å²) in [4.78, 5) is 6.82. The Morgan fingerprint density at radius 3 is 2.92 bits per heavy atom. The maximum absolute atomic E-state index is 13.2. The number of likely N-dealkylation sites (tertiary alicyclic amines) is 1. The zero-order valence-electron chi connectivity index (χ0n) is 14.8. The molecule has 1 aliphatic heterocycles. The fourth-order valence-corrected chi connectivity index (χ4v) is 3.40. The van der Waals surface area contributed by atoms with E-state index in [-0.39, 0.29) is 5.82 Å². The molecular weight excluding hydrogens is 321 g/mol. The first-order valence-corrected chi connectivity index (χ1v) is 9.00. The summed E-state index contributed by atoms with van der Waals surface area (Å²) in [6.45, 7) is 3.69. The molecule has 1 aromatic carbocycles. The number of aromatic nitrogens is 2. The summed E-state index contributed by atoms with van der Waals surface area (Å²) in [5, 5.41) is 4.02. The summed E-state index contributed by atoms with van der Waals surface area (Å²) in [5.74, 6) is 1.81. The van der Waals surface area contributed by atoms with Crippen molar-refractivity contribution in [1.29, 1.82) is 0 Å². The molecule has 0 atom stereocenters. The summed E-state index contributed by atoms with van der Waals surface area (Å²) in [6, 6.07) is 6.50. The Bertz CT molecular complexity index is 654. The average Bonchev–Trinajstić information content (AvgIpc) is 3.03. The molecule has 25 heavy (non-hydrogen) atoms. The molecule has 0 spiro atoms. The smallest absolute Gasteiger partial charge is 0.240 e. The van der Waals surface area contributed by atoms with E-state index in [1.54, 1.807) is 13.2 Å². The highest BCUT2D eigenvalue weighted by Crippen LogP contribution is 2.23. The second-order valence-electron chi connectivity index (χ2n) is 6.77. The summed E-state index contributed by atoms with van der Waals surface area (Å²) < 4.78 is 23.7.